The van der Waals surface area contributed by atoms with Crippen LogP contribution in [-0.4, -0.2) is 52.7 Å². The van der Waals surface area contributed by atoms with Crippen molar-refractivity contribution in [2.45, 2.75) is 6.92 Å². The summed E-state index contributed by atoms with van der Waals surface area (Å²) in [5.74, 6) is -2.28. The molecule has 2 rings (SSSR count). The van der Waals surface area contributed by atoms with Crippen molar-refractivity contribution in [3.8, 4) is 5.75 Å². The summed E-state index contributed by atoms with van der Waals surface area (Å²) in [6.45, 7) is 1.48. The fraction of sp³-hybridized carbons (Fsp3) is 0.267. The molecule has 0 unspecified atom stereocenters. The van der Waals surface area contributed by atoms with Crippen LogP contribution in [0.5, 0.6) is 5.75 Å². The first-order valence-corrected chi connectivity index (χ1v) is 7.41. The predicted octanol–water partition coefficient (Wildman–Crippen LogP) is 1.09. The van der Waals surface area contributed by atoms with Crippen molar-refractivity contribution in [2.75, 3.05) is 25.1 Å². The van der Waals surface area contributed by atoms with E-state index in [9.17, 15) is 14.4 Å². The number of imide groups is 1. The normalized spacial score (nSPS) is 14.0. The van der Waals surface area contributed by atoms with Crippen LogP contribution in [0.1, 0.15) is 17.3 Å². The molecule has 1 aromatic carbocycles. The summed E-state index contributed by atoms with van der Waals surface area (Å²) in [5, 5.41) is 20.8. The Labute approximate surface area is 142 Å². The highest BCUT2D eigenvalue weighted by Gasteiger charge is 2.31. The largest absolute Gasteiger partial charge is 0.493 e. The minimum absolute atomic E-state index is 0.0270. The number of nitrogens with zero attached hydrogens (tertiary/aromatic N) is 1. The van der Waals surface area contributed by atoms with Crippen molar-refractivity contribution in [1.29, 1.82) is 0 Å². The van der Waals surface area contributed by atoms with E-state index in [0.29, 0.717) is 0 Å². The second-order valence-corrected chi connectivity index (χ2v) is 5.18. The molecule has 1 heterocycles. The van der Waals surface area contributed by atoms with E-state index in [1.807, 2.05) is 0 Å². The maximum atomic E-state index is 12.1. The number of anilines is 1. The van der Waals surface area contributed by atoms with Gasteiger partial charge in [-0.2, -0.15) is 0 Å². The van der Waals surface area contributed by atoms with E-state index in [1.54, 1.807) is 6.92 Å². The molecule has 0 atom stereocenters. The summed E-state index contributed by atoms with van der Waals surface area (Å²) >= 11 is 6.05. The number of carboxylic acid groups (broad SMARTS) is 1. The molecule has 0 saturated carbocycles. The Bertz CT molecular complexity index is 731. The average Bonchev–Trinajstić information content (AvgIpc) is 2.78. The third-order valence-corrected chi connectivity index (χ3v) is 3.51. The zero-order chi connectivity index (χ0) is 17.9. The maximum Gasteiger partial charge on any atom is 0.339 e. The van der Waals surface area contributed by atoms with Gasteiger partial charge in [-0.15, -0.1) is 0 Å². The van der Waals surface area contributed by atoms with Crippen LogP contribution in [0.15, 0.2) is 23.9 Å². The number of nitrogens with one attached hydrogen (secondary N) is 1. The molecule has 0 aliphatic carbocycles. The molecule has 8 nitrogen and oxygen atoms in total. The number of hydrogen-bond acceptors (Lipinski definition) is 6. The summed E-state index contributed by atoms with van der Waals surface area (Å²) in [7, 11) is 0. The molecule has 0 aromatic heterocycles. The second-order valence-electron chi connectivity index (χ2n) is 4.77. The van der Waals surface area contributed by atoms with Crippen LogP contribution in [0.3, 0.4) is 0 Å². The zero-order valence-electron chi connectivity index (χ0n) is 12.7. The SMILES string of the molecule is CCOc1cc(NC2=CC(=O)N(CCO)C2=O)c(Cl)cc1C(=O)O. The van der Waals surface area contributed by atoms with E-state index < -0.39 is 17.8 Å². The number of hydrogen-bond donors (Lipinski definition) is 3. The number of ether oxygens (including phenoxy) is 1. The Kier molecular flexibility index (Phi) is 5.42. The first kappa shape index (κ1) is 17.8. The van der Waals surface area contributed by atoms with Gasteiger partial charge in [-0.3, -0.25) is 14.5 Å². The van der Waals surface area contributed by atoms with Crippen molar-refractivity contribution in [1.82, 2.24) is 4.90 Å². The van der Waals surface area contributed by atoms with Gasteiger partial charge in [0.1, 0.15) is 17.0 Å². The number of halogens is 1. The van der Waals surface area contributed by atoms with Gasteiger partial charge in [-0.25, -0.2) is 4.79 Å². The Morgan fingerprint density at radius 1 is 1.38 bits per heavy atom. The third-order valence-electron chi connectivity index (χ3n) is 3.20. The van der Waals surface area contributed by atoms with Crippen molar-refractivity contribution in [3.05, 3.63) is 34.5 Å². The summed E-state index contributed by atoms with van der Waals surface area (Å²) in [5.41, 5.74) is 0.0846. The molecule has 0 spiro atoms. The number of carbonyl (C=O) groups is 3. The van der Waals surface area contributed by atoms with Gasteiger partial charge < -0.3 is 20.3 Å². The molecule has 3 N–H and O–H groups in total. The number of β-amino-alcohol motifs (C(OH)–C–C–N with tert-alkyl or cyclic N) is 1. The predicted molar refractivity (Wildman–Crippen MR) is 85.1 cm³/mol. The second kappa shape index (κ2) is 7.33. The number of carboxylic acids is 1. The molecule has 0 bridgehead atoms. The molecule has 1 aliphatic heterocycles. The summed E-state index contributed by atoms with van der Waals surface area (Å²) < 4.78 is 5.27. The number of carbonyl (C=O) groups excluding carboxylic acids is 2. The first-order valence-electron chi connectivity index (χ1n) is 7.04. The number of aliphatic hydroxyl groups excluding tert-OH is 1. The standard InChI is InChI=1S/C15H15ClN2O6/c1-2-24-12-6-10(9(16)5-8(12)15(22)23)17-11-7-13(20)18(3-4-19)14(11)21/h5-7,17,19H,2-4H2,1H3,(H,22,23). The van der Waals surface area contributed by atoms with Crippen molar-refractivity contribution >= 4 is 35.1 Å². The van der Waals surface area contributed by atoms with Crippen molar-refractivity contribution in [3.63, 3.8) is 0 Å². The van der Waals surface area contributed by atoms with E-state index in [2.05, 4.69) is 5.32 Å². The number of benzene rings is 1. The molecule has 9 heteroatoms. The molecule has 128 valence electrons. The highest BCUT2D eigenvalue weighted by molar-refractivity contribution is 6.34. The van der Waals surface area contributed by atoms with Crippen LogP contribution in [0.25, 0.3) is 0 Å². The number of aliphatic hydroxyl groups is 1. The van der Waals surface area contributed by atoms with Crippen LogP contribution < -0.4 is 10.1 Å². The Hall–Kier alpha value is -2.58. The van der Waals surface area contributed by atoms with Crippen LogP contribution >= 0.6 is 11.6 Å². The minimum atomic E-state index is -1.20. The lowest BCUT2D eigenvalue weighted by Crippen LogP contribution is -2.34. The van der Waals surface area contributed by atoms with Gasteiger partial charge in [0.25, 0.3) is 11.8 Å². The Balaban J connectivity index is 2.32. The van der Waals surface area contributed by atoms with Gasteiger partial charge in [0.15, 0.2) is 0 Å². The molecule has 0 saturated heterocycles. The molecule has 0 fully saturated rings. The molecule has 1 aromatic rings. The van der Waals surface area contributed by atoms with Gasteiger partial charge in [-0.05, 0) is 13.0 Å². The van der Waals surface area contributed by atoms with E-state index >= 15 is 0 Å². The van der Waals surface area contributed by atoms with Crippen LogP contribution in [0.4, 0.5) is 5.69 Å². The van der Waals surface area contributed by atoms with Crippen molar-refractivity contribution in [2.24, 2.45) is 0 Å². The molecule has 1 aliphatic rings. The lowest BCUT2D eigenvalue weighted by molar-refractivity contribution is -0.137. The smallest absolute Gasteiger partial charge is 0.339 e. The van der Waals surface area contributed by atoms with Gasteiger partial charge >= 0.3 is 5.97 Å². The summed E-state index contributed by atoms with van der Waals surface area (Å²) in [6, 6.07) is 2.55. The lowest BCUT2D eigenvalue weighted by atomic mass is 10.1. The number of rotatable bonds is 7. The Morgan fingerprint density at radius 3 is 2.67 bits per heavy atom. The molecule has 0 radical (unpaired) electrons. The van der Waals surface area contributed by atoms with Gasteiger partial charge in [0.2, 0.25) is 0 Å². The Morgan fingerprint density at radius 2 is 2.08 bits per heavy atom. The fourth-order valence-corrected chi connectivity index (χ4v) is 2.36. The van der Waals surface area contributed by atoms with Crippen LogP contribution in [0.2, 0.25) is 5.02 Å². The highest BCUT2D eigenvalue weighted by Crippen LogP contribution is 2.32. The quantitative estimate of drug-likeness (QED) is 0.627. The average molecular weight is 355 g/mol. The summed E-state index contributed by atoms with van der Waals surface area (Å²) in [4.78, 5) is 35.9. The van der Waals surface area contributed by atoms with Crippen LogP contribution in [-0.2, 0) is 9.59 Å². The molecular weight excluding hydrogens is 340 g/mol. The maximum absolute atomic E-state index is 12.1. The molecule has 2 amide bonds. The topological polar surface area (TPSA) is 116 Å². The first-order chi connectivity index (χ1) is 11.4. The summed E-state index contributed by atoms with van der Waals surface area (Å²) in [6.07, 6.45) is 1.08. The van der Waals surface area contributed by atoms with E-state index in [0.717, 1.165) is 11.0 Å². The number of aromatic carboxylic acids is 1. The lowest BCUT2D eigenvalue weighted by Gasteiger charge is -2.15. The van der Waals surface area contributed by atoms with Gasteiger partial charge in [-0.1, -0.05) is 11.6 Å². The van der Waals surface area contributed by atoms with E-state index in [1.165, 1.54) is 12.1 Å². The van der Waals surface area contributed by atoms with E-state index in [-0.39, 0.29) is 47.5 Å². The van der Waals surface area contributed by atoms with Gasteiger partial charge in [0, 0.05) is 12.1 Å². The third kappa shape index (κ3) is 3.50. The van der Waals surface area contributed by atoms with Crippen molar-refractivity contribution < 1.29 is 29.3 Å². The molecular formula is C15H15ClN2O6. The fourth-order valence-electron chi connectivity index (χ4n) is 2.15. The zero-order valence-corrected chi connectivity index (χ0v) is 13.5. The monoisotopic (exact) mass is 354 g/mol. The molecule has 24 heavy (non-hydrogen) atoms. The van der Waals surface area contributed by atoms with Crippen LogP contribution in [0, 0.1) is 0 Å². The van der Waals surface area contributed by atoms with Gasteiger partial charge in [0.05, 0.1) is 30.5 Å². The highest BCUT2D eigenvalue weighted by atomic mass is 35.5. The minimum Gasteiger partial charge on any atom is -0.493 e. The number of amides is 2. The van der Waals surface area contributed by atoms with E-state index in [4.69, 9.17) is 26.6 Å².